The smallest absolute Gasteiger partial charge is 0.0931 e. The molecule has 0 bridgehead atoms. The molecule has 3 nitrogen and oxygen atoms in total. The first-order valence-electron chi connectivity index (χ1n) is 8.66. The lowest BCUT2D eigenvalue weighted by Gasteiger charge is -1.92. The van der Waals surface area contributed by atoms with E-state index in [9.17, 15) is 0 Å². The van der Waals surface area contributed by atoms with Gasteiger partial charge >= 0.3 is 0 Å². The Kier molecular flexibility index (Phi) is 8.34. The summed E-state index contributed by atoms with van der Waals surface area (Å²) in [6.45, 7) is 12.2. The molecule has 2 aromatic heterocycles. The highest BCUT2D eigenvalue weighted by Crippen LogP contribution is 2.14. The summed E-state index contributed by atoms with van der Waals surface area (Å²) in [6, 6.07) is 14.5. The van der Waals surface area contributed by atoms with E-state index in [4.69, 9.17) is 0 Å². The van der Waals surface area contributed by atoms with Gasteiger partial charge in [0.25, 0.3) is 0 Å². The number of nitrogens with one attached hydrogen (secondary N) is 2. The molecule has 2 aromatic carbocycles. The molecular weight excluding hydrogens is 294 g/mol. The number of fused-ring (bicyclic) bond motifs is 2. The van der Waals surface area contributed by atoms with Crippen LogP contribution in [0.1, 0.15) is 38.8 Å². The molecule has 0 atom stereocenters. The van der Waals surface area contributed by atoms with Gasteiger partial charge in [-0.3, -0.25) is 0 Å². The van der Waals surface area contributed by atoms with Gasteiger partial charge in [0.1, 0.15) is 0 Å². The molecular formula is C21H29N3. The summed E-state index contributed by atoms with van der Waals surface area (Å²) in [5, 5.41) is 1.29. The minimum atomic E-state index is 1.03. The number of benzene rings is 2. The molecule has 3 heteroatoms. The molecule has 4 aromatic rings. The third-order valence-electron chi connectivity index (χ3n) is 3.37. The molecule has 0 aliphatic rings. The molecule has 0 unspecified atom stereocenters. The van der Waals surface area contributed by atoms with Crippen LogP contribution in [0.3, 0.4) is 0 Å². The van der Waals surface area contributed by atoms with Crippen molar-refractivity contribution in [3.8, 4) is 0 Å². The summed E-state index contributed by atoms with van der Waals surface area (Å²) in [7, 11) is 0. The number of rotatable bonds is 0. The Morgan fingerprint density at radius 1 is 0.833 bits per heavy atom. The predicted octanol–water partition coefficient (Wildman–Crippen LogP) is 6.40. The second-order valence-corrected chi connectivity index (χ2v) is 4.94. The molecule has 0 amide bonds. The van der Waals surface area contributed by atoms with Gasteiger partial charge in [-0.15, -0.1) is 0 Å². The molecule has 0 aliphatic carbocycles. The molecule has 128 valence electrons. The van der Waals surface area contributed by atoms with E-state index < -0.39 is 0 Å². The molecule has 2 N–H and O–H groups in total. The minimum Gasteiger partial charge on any atom is -0.361 e. The topological polar surface area (TPSA) is 44.5 Å². The van der Waals surface area contributed by atoms with E-state index in [-0.39, 0.29) is 0 Å². The number of imidazole rings is 1. The summed E-state index contributed by atoms with van der Waals surface area (Å²) in [5.41, 5.74) is 5.97. The Morgan fingerprint density at radius 2 is 1.58 bits per heavy atom. The fraction of sp³-hybridized carbons (Fsp3) is 0.286. The third-order valence-corrected chi connectivity index (χ3v) is 3.37. The van der Waals surface area contributed by atoms with Crippen molar-refractivity contribution in [2.24, 2.45) is 0 Å². The van der Waals surface area contributed by atoms with Gasteiger partial charge in [0.15, 0.2) is 0 Å². The van der Waals surface area contributed by atoms with E-state index in [2.05, 4.69) is 65.2 Å². The van der Waals surface area contributed by atoms with Crippen LogP contribution in [0.4, 0.5) is 0 Å². The fourth-order valence-electron chi connectivity index (χ4n) is 2.29. The average Bonchev–Trinajstić information content (AvgIpc) is 3.28. The molecule has 0 saturated carbocycles. The SMILES string of the molecule is CC.CC.Cc1ccc2nc[nH]c2c1.Cc1cccc2cc[nH]c12. The summed E-state index contributed by atoms with van der Waals surface area (Å²) in [4.78, 5) is 10.3. The van der Waals surface area contributed by atoms with Crippen LogP contribution in [0.2, 0.25) is 0 Å². The molecule has 0 fully saturated rings. The van der Waals surface area contributed by atoms with Crippen LogP contribution in [0.5, 0.6) is 0 Å². The average molecular weight is 323 g/mol. The Morgan fingerprint density at radius 3 is 2.29 bits per heavy atom. The second-order valence-electron chi connectivity index (χ2n) is 4.94. The number of hydrogen-bond donors (Lipinski definition) is 2. The molecule has 0 aliphatic heterocycles. The van der Waals surface area contributed by atoms with E-state index in [0.717, 1.165) is 11.0 Å². The Bertz CT molecular complexity index is 839. The Labute approximate surface area is 145 Å². The maximum absolute atomic E-state index is 4.10. The third kappa shape index (κ3) is 4.98. The first-order valence-corrected chi connectivity index (χ1v) is 8.66. The van der Waals surface area contributed by atoms with Gasteiger partial charge in [0, 0.05) is 11.7 Å². The quantitative estimate of drug-likeness (QED) is 0.386. The standard InChI is InChI=1S/C9H9N.C8H8N2.2C2H6/c1-7-3-2-4-8-5-6-10-9(7)8;1-6-2-3-7-8(4-6)10-5-9-7;2*1-2/h2-6,10H,1H3;2-5H,1H3,(H,9,10);2*1-2H3. The zero-order valence-corrected chi connectivity index (χ0v) is 15.6. The van der Waals surface area contributed by atoms with Crippen molar-refractivity contribution in [3.63, 3.8) is 0 Å². The maximum Gasteiger partial charge on any atom is 0.0931 e. The zero-order chi connectivity index (χ0) is 17.9. The number of aryl methyl sites for hydroxylation is 2. The molecule has 0 radical (unpaired) electrons. The summed E-state index contributed by atoms with van der Waals surface area (Å²) in [6.07, 6.45) is 3.68. The Balaban J connectivity index is 0.000000199. The monoisotopic (exact) mass is 323 g/mol. The van der Waals surface area contributed by atoms with Crippen LogP contribution in [0.15, 0.2) is 55.0 Å². The van der Waals surface area contributed by atoms with Crippen LogP contribution in [0.25, 0.3) is 21.9 Å². The molecule has 2 heterocycles. The molecule has 0 saturated heterocycles. The van der Waals surface area contributed by atoms with E-state index in [1.165, 1.54) is 22.0 Å². The van der Waals surface area contributed by atoms with Crippen molar-refractivity contribution >= 4 is 21.9 Å². The number of H-pyrrole nitrogens is 2. The van der Waals surface area contributed by atoms with Crippen molar-refractivity contribution in [2.75, 3.05) is 0 Å². The van der Waals surface area contributed by atoms with Gasteiger partial charge in [-0.25, -0.2) is 4.98 Å². The molecule has 4 rings (SSSR count). The van der Waals surface area contributed by atoms with Gasteiger partial charge in [0.05, 0.1) is 17.4 Å². The molecule has 0 spiro atoms. The minimum absolute atomic E-state index is 1.03. The fourth-order valence-corrected chi connectivity index (χ4v) is 2.29. The maximum atomic E-state index is 4.10. The summed E-state index contributed by atoms with van der Waals surface area (Å²) >= 11 is 0. The van der Waals surface area contributed by atoms with Crippen LogP contribution in [0, 0.1) is 13.8 Å². The van der Waals surface area contributed by atoms with E-state index in [1.807, 2.05) is 40.0 Å². The second kappa shape index (κ2) is 10.3. The van der Waals surface area contributed by atoms with E-state index in [1.54, 1.807) is 6.33 Å². The summed E-state index contributed by atoms with van der Waals surface area (Å²) in [5.74, 6) is 0. The predicted molar refractivity (Wildman–Crippen MR) is 107 cm³/mol. The van der Waals surface area contributed by atoms with Gasteiger partial charge < -0.3 is 9.97 Å². The first kappa shape index (κ1) is 19.5. The number of aromatic nitrogens is 3. The van der Waals surface area contributed by atoms with Crippen LogP contribution >= 0.6 is 0 Å². The van der Waals surface area contributed by atoms with Crippen molar-refractivity contribution in [3.05, 3.63) is 66.1 Å². The van der Waals surface area contributed by atoms with Crippen LogP contribution in [-0.2, 0) is 0 Å². The number of para-hydroxylation sites is 1. The zero-order valence-electron chi connectivity index (χ0n) is 15.6. The lowest BCUT2D eigenvalue weighted by Crippen LogP contribution is -1.72. The van der Waals surface area contributed by atoms with Crippen molar-refractivity contribution in [1.29, 1.82) is 0 Å². The van der Waals surface area contributed by atoms with Crippen molar-refractivity contribution in [1.82, 2.24) is 15.0 Å². The van der Waals surface area contributed by atoms with Gasteiger partial charge in [-0.2, -0.15) is 0 Å². The van der Waals surface area contributed by atoms with Crippen molar-refractivity contribution in [2.45, 2.75) is 41.5 Å². The lowest BCUT2D eigenvalue weighted by molar-refractivity contribution is 1.34. The number of nitrogens with zero attached hydrogens (tertiary/aromatic N) is 1. The molecule has 24 heavy (non-hydrogen) atoms. The van der Waals surface area contributed by atoms with Crippen LogP contribution < -0.4 is 0 Å². The highest BCUT2D eigenvalue weighted by Gasteiger charge is 1.94. The van der Waals surface area contributed by atoms with E-state index >= 15 is 0 Å². The largest absolute Gasteiger partial charge is 0.361 e. The lowest BCUT2D eigenvalue weighted by atomic mass is 10.2. The number of hydrogen-bond acceptors (Lipinski definition) is 1. The van der Waals surface area contributed by atoms with Gasteiger partial charge in [-0.05, 0) is 48.6 Å². The normalized spacial score (nSPS) is 9.25. The summed E-state index contributed by atoms with van der Waals surface area (Å²) < 4.78 is 0. The highest BCUT2D eigenvalue weighted by atomic mass is 14.9. The van der Waals surface area contributed by atoms with Crippen LogP contribution in [-0.4, -0.2) is 15.0 Å². The van der Waals surface area contributed by atoms with Crippen molar-refractivity contribution < 1.29 is 0 Å². The Hall–Kier alpha value is -2.55. The first-order chi connectivity index (χ1) is 11.7. The van der Waals surface area contributed by atoms with Gasteiger partial charge in [0.2, 0.25) is 0 Å². The van der Waals surface area contributed by atoms with Gasteiger partial charge in [-0.1, -0.05) is 52.0 Å². The van der Waals surface area contributed by atoms with E-state index in [0.29, 0.717) is 0 Å². The number of aromatic amines is 2. The highest BCUT2D eigenvalue weighted by molar-refractivity contribution is 5.82.